The lowest BCUT2D eigenvalue weighted by Crippen LogP contribution is -2.55. The van der Waals surface area contributed by atoms with E-state index in [1.54, 1.807) is 18.4 Å². The highest BCUT2D eigenvalue weighted by Crippen LogP contribution is 2.40. The molecule has 2 N–H and O–H groups in total. The van der Waals surface area contributed by atoms with Crippen molar-refractivity contribution in [3.05, 3.63) is 46.8 Å². The second kappa shape index (κ2) is 24.2. The molecule has 0 bridgehead atoms. The van der Waals surface area contributed by atoms with Crippen LogP contribution in [0.2, 0.25) is 0 Å². The van der Waals surface area contributed by atoms with Crippen LogP contribution in [0.4, 0.5) is 0 Å². The van der Waals surface area contributed by atoms with Crippen molar-refractivity contribution in [1.29, 1.82) is 0 Å². The summed E-state index contributed by atoms with van der Waals surface area (Å²) in [5, 5.41) is 11.3. The molecule has 1 unspecified atom stereocenters. The van der Waals surface area contributed by atoms with Crippen LogP contribution >= 0.6 is 11.3 Å². The Bertz CT molecular complexity index is 1680. The molecule has 320 valence electrons. The molecule has 2 saturated carbocycles. The zero-order valence-electron chi connectivity index (χ0n) is 34.8. The number of hydrogen-bond donors (Lipinski definition) is 2. The quantitative estimate of drug-likeness (QED) is 0.0904. The van der Waals surface area contributed by atoms with Gasteiger partial charge in [0.15, 0.2) is 0 Å². The first-order chi connectivity index (χ1) is 28.5. The maximum atomic E-state index is 14.3. The van der Waals surface area contributed by atoms with E-state index in [-0.39, 0.29) is 29.8 Å². The van der Waals surface area contributed by atoms with E-state index in [0.29, 0.717) is 78.7 Å². The van der Waals surface area contributed by atoms with Gasteiger partial charge in [-0.15, -0.1) is 11.3 Å². The topological polar surface area (TPSA) is 130 Å². The van der Waals surface area contributed by atoms with Gasteiger partial charge in [-0.1, -0.05) is 62.8 Å². The van der Waals surface area contributed by atoms with Crippen molar-refractivity contribution in [1.82, 2.24) is 20.5 Å². The molecule has 2 amide bonds. The van der Waals surface area contributed by atoms with Crippen LogP contribution in [0.1, 0.15) is 95.0 Å². The summed E-state index contributed by atoms with van der Waals surface area (Å²) in [6.45, 7) is 7.75. The van der Waals surface area contributed by atoms with Gasteiger partial charge in [0.05, 0.1) is 83.3 Å². The van der Waals surface area contributed by atoms with E-state index in [1.165, 1.54) is 38.5 Å². The molecule has 2 aliphatic carbocycles. The Hall–Kier alpha value is -3.17. The van der Waals surface area contributed by atoms with Crippen molar-refractivity contribution in [2.75, 3.05) is 79.7 Å². The van der Waals surface area contributed by atoms with Crippen molar-refractivity contribution in [3.63, 3.8) is 0 Å². The Morgan fingerprint density at radius 2 is 1.38 bits per heavy atom. The maximum Gasteiger partial charge on any atom is 0.246 e. The number of amides is 2. The monoisotopic (exact) mass is 822 g/mol. The normalized spacial score (nSPS) is 19.1. The number of aromatic nitrogens is 1. The number of nitrogens with zero attached hydrogens (tertiary/aromatic N) is 2. The Morgan fingerprint density at radius 3 is 2.05 bits per heavy atom. The summed E-state index contributed by atoms with van der Waals surface area (Å²) in [7, 11) is 1.77. The SMILES string of the molecule is CN[C@@H](C)C(=O)NC(C(=O)N1CCC[C@H]1c1nc(-c2ccc(OCCOCCOCCOCCOCCOC3CCCCC3)c3ccccc23)cs1)C1CCCCC1. The molecule has 1 saturated heterocycles. The number of fused-ring (bicyclic) bond motifs is 1. The largest absolute Gasteiger partial charge is 0.491 e. The Balaban J connectivity index is 0.922. The van der Waals surface area contributed by atoms with E-state index in [1.807, 2.05) is 30.0 Å². The summed E-state index contributed by atoms with van der Waals surface area (Å²) < 4.78 is 34.7. The molecular formula is C45H66N4O8S. The van der Waals surface area contributed by atoms with Crippen molar-refractivity contribution >= 4 is 33.9 Å². The fourth-order valence-electron chi connectivity index (χ4n) is 8.39. The number of nitrogens with one attached hydrogen (secondary N) is 2. The summed E-state index contributed by atoms with van der Waals surface area (Å²) in [6.07, 6.45) is 13.8. The van der Waals surface area contributed by atoms with Gasteiger partial charge in [-0.05, 0) is 75.9 Å². The predicted octanol–water partition coefficient (Wildman–Crippen LogP) is 7.09. The third kappa shape index (κ3) is 12.9. The van der Waals surface area contributed by atoms with E-state index in [9.17, 15) is 9.59 Å². The summed E-state index contributed by atoms with van der Waals surface area (Å²) in [6, 6.07) is 11.3. The zero-order chi connectivity index (χ0) is 40.4. The van der Waals surface area contributed by atoms with Crippen LogP contribution in [0.25, 0.3) is 22.0 Å². The van der Waals surface area contributed by atoms with E-state index < -0.39 is 6.04 Å². The summed E-state index contributed by atoms with van der Waals surface area (Å²) >= 11 is 1.61. The molecule has 6 rings (SSSR count). The molecule has 58 heavy (non-hydrogen) atoms. The van der Waals surface area contributed by atoms with Gasteiger partial charge in [-0.3, -0.25) is 9.59 Å². The maximum absolute atomic E-state index is 14.3. The zero-order valence-corrected chi connectivity index (χ0v) is 35.6. The number of benzene rings is 2. The van der Waals surface area contributed by atoms with Gasteiger partial charge in [-0.2, -0.15) is 0 Å². The highest BCUT2D eigenvalue weighted by atomic mass is 32.1. The Labute approximate surface area is 349 Å². The number of carbonyl (C=O) groups is 2. The van der Waals surface area contributed by atoms with E-state index in [4.69, 9.17) is 33.4 Å². The smallest absolute Gasteiger partial charge is 0.246 e. The molecule has 3 aromatic rings. The average molecular weight is 823 g/mol. The Kier molecular flexibility index (Phi) is 18.5. The first-order valence-electron chi connectivity index (χ1n) is 21.8. The number of hydrogen-bond acceptors (Lipinski definition) is 11. The van der Waals surface area contributed by atoms with Crippen LogP contribution in [0.5, 0.6) is 5.75 Å². The first-order valence-corrected chi connectivity index (χ1v) is 22.7. The van der Waals surface area contributed by atoms with Crippen LogP contribution < -0.4 is 15.4 Å². The minimum atomic E-state index is -0.512. The van der Waals surface area contributed by atoms with Gasteiger partial charge < -0.3 is 44.0 Å². The fraction of sp³-hybridized carbons (Fsp3) is 0.667. The number of carbonyl (C=O) groups excluding carboxylic acids is 2. The highest BCUT2D eigenvalue weighted by molar-refractivity contribution is 7.10. The number of thiazole rings is 1. The van der Waals surface area contributed by atoms with E-state index in [0.717, 1.165) is 71.3 Å². The molecule has 0 radical (unpaired) electrons. The molecule has 12 nitrogen and oxygen atoms in total. The van der Waals surface area contributed by atoms with Gasteiger partial charge in [0.2, 0.25) is 11.8 Å². The van der Waals surface area contributed by atoms with Crippen molar-refractivity contribution in [3.8, 4) is 17.0 Å². The second-order valence-corrected chi connectivity index (χ2v) is 16.6. The van der Waals surface area contributed by atoms with Crippen LogP contribution in [0.15, 0.2) is 41.8 Å². The molecule has 2 aromatic carbocycles. The summed E-state index contributed by atoms with van der Waals surface area (Å²) in [5.41, 5.74) is 1.92. The molecular weight excluding hydrogens is 757 g/mol. The molecule has 1 aliphatic heterocycles. The van der Waals surface area contributed by atoms with Crippen molar-refractivity contribution in [2.24, 2.45) is 5.92 Å². The average Bonchev–Trinajstić information content (AvgIpc) is 3.96. The highest BCUT2D eigenvalue weighted by Gasteiger charge is 2.40. The summed E-state index contributed by atoms with van der Waals surface area (Å²) in [4.78, 5) is 34.4. The molecule has 1 aromatic heterocycles. The van der Waals surface area contributed by atoms with Gasteiger partial charge in [-0.25, -0.2) is 4.98 Å². The van der Waals surface area contributed by atoms with Crippen molar-refractivity contribution in [2.45, 2.75) is 108 Å². The number of ether oxygens (including phenoxy) is 6. The number of rotatable bonds is 24. The van der Waals surface area contributed by atoms with E-state index in [2.05, 4.69) is 34.2 Å². The van der Waals surface area contributed by atoms with Crippen LogP contribution in [0, 0.1) is 5.92 Å². The van der Waals surface area contributed by atoms with Crippen LogP contribution in [-0.2, 0) is 33.3 Å². The lowest BCUT2D eigenvalue weighted by Gasteiger charge is -2.35. The number of likely N-dealkylation sites (N-methyl/N-ethyl adjacent to an activating group) is 1. The van der Waals surface area contributed by atoms with Gasteiger partial charge in [0.25, 0.3) is 0 Å². The summed E-state index contributed by atoms with van der Waals surface area (Å²) in [5.74, 6) is 0.850. The number of likely N-dealkylation sites (tertiary alicyclic amines) is 1. The van der Waals surface area contributed by atoms with Crippen LogP contribution in [-0.4, -0.2) is 120 Å². The third-order valence-corrected chi connectivity index (χ3v) is 12.7. The minimum Gasteiger partial charge on any atom is -0.491 e. The molecule has 3 atom stereocenters. The lowest BCUT2D eigenvalue weighted by molar-refractivity contribution is -0.139. The second-order valence-electron chi connectivity index (χ2n) is 15.7. The van der Waals surface area contributed by atoms with Gasteiger partial charge >= 0.3 is 0 Å². The third-order valence-electron chi connectivity index (χ3n) is 11.7. The molecule has 0 spiro atoms. The van der Waals surface area contributed by atoms with Gasteiger partial charge in [0, 0.05) is 22.9 Å². The molecule has 3 fully saturated rings. The predicted molar refractivity (Wildman–Crippen MR) is 227 cm³/mol. The Morgan fingerprint density at radius 1 is 0.759 bits per heavy atom. The standard InChI is InChI=1S/C45H66N4O8S/c1-33(46-2)43(50)48-42(34-12-5-3-6-13-34)45(51)49-21-11-18-40(49)44-47-39(32-58-44)37-19-20-41(38-17-10-9-16-36(37)38)57-31-29-55-27-25-53-23-22-52-24-26-54-28-30-56-35-14-7-4-8-15-35/h9-10,16-17,19-20,32-35,40,42,46H,3-8,11-15,18,21-31H2,1-2H3,(H,48,50)/t33-,40-,42?/m0/s1. The fourth-order valence-corrected chi connectivity index (χ4v) is 9.35. The minimum absolute atomic E-state index is 0.0273. The molecule has 2 heterocycles. The van der Waals surface area contributed by atoms with Crippen LogP contribution in [0.3, 0.4) is 0 Å². The first kappa shape index (κ1) is 44.4. The van der Waals surface area contributed by atoms with E-state index >= 15 is 0 Å². The lowest BCUT2D eigenvalue weighted by atomic mass is 9.83. The van der Waals surface area contributed by atoms with Crippen molar-refractivity contribution < 1.29 is 38.0 Å². The molecule has 3 aliphatic rings. The molecule has 13 heteroatoms. The van der Waals surface area contributed by atoms with Gasteiger partial charge in [0.1, 0.15) is 23.4 Å².